The van der Waals surface area contributed by atoms with E-state index in [0.717, 1.165) is 36.3 Å². The first-order valence-electron chi connectivity index (χ1n) is 7.30. The van der Waals surface area contributed by atoms with E-state index < -0.39 is 0 Å². The van der Waals surface area contributed by atoms with Crippen LogP contribution in [0.4, 0.5) is 0 Å². The van der Waals surface area contributed by atoms with Crippen LogP contribution in [0.25, 0.3) is 0 Å². The van der Waals surface area contributed by atoms with Gasteiger partial charge in [-0.05, 0) is 68.0 Å². The molecule has 0 radical (unpaired) electrons. The number of benzene rings is 1. The van der Waals surface area contributed by atoms with Crippen molar-refractivity contribution in [1.29, 1.82) is 0 Å². The van der Waals surface area contributed by atoms with Gasteiger partial charge in [-0.25, -0.2) is 0 Å². The van der Waals surface area contributed by atoms with Gasteiger partial charge in [-0.3, -0.25) is 0 Å². The monoisotopic (exact) mass is 281 g/mol. The van der Waals surface area contributed by atoms with Gasteiger partial charge in [0.15, 0.2) is 0 Å². The van der Waals surface area contributed by atoms with E-state index in [4.69, 9.17) is 16.3 Å². The average molecular weight is 282 g/mol. The molecule has 2 nitrogen and oxygen atoms in total. The number of rotatable bonds is 5. The highest BCUT2D eigenvalue weighted by molar-refractivity contribution is 6.30. The predicted octanol–water partition coefficient (Wildman–Crippen LogP) is 4.23. The summed E-state index contributed by atoms with van der Waals surface area (Å²) >= 11 is 6.05. The van der Waals surface area contributed by atoms with Crippen LogP contribution in [0.1, 0.15) is 44.6 Å². The maximum Gasteiger partial charge on any atom is 0.122 e. The number of ether oxygens (including phenoxy) is 1. The molecule has 1 N–H and O–H groups in total. The molecule has 19 heavy (non-hydrogen) atoms. The third-order valence-corrected chi connectivity index (χ3v) is 4.01. The lowest BCUT2D eigenvalue weighted by molar-refractivity contribution is 0.252. The second-order valence-electron chi connectivity index (χ2n) is 5.69. The third kappa shape index (κ3) is 4.39. The molecule has 0 saturated carbocycles. The fourth-order valence-corrected chi connectivity index (χ4v) is 2.79. The van der Waals surface area contributed by atoms with Crippen molar-refractivity contribution < 1.29 is 4.74 Å². The van der Waals surface area contributed by atoms with E-state index in [1.807, 2.05) is 18.2 Å². The normalized spacial score (nSPS) is 19.7. The highest BCUT2D eigenvalue weighted by Gasteiger charge is 2.14. The maximum atomic E-state index is 6.05. The Bertz CT molecular complexity index is 400. The van der Waals surface area contributed by atoms with Gasteiger partial charge in [-0.2, -0.15) is 0 Å². The van der Waals surface area contributed by atoms with E-state index in [9.17, 15) is 0 Å². The zero-order valence-corrected chi connectivity index (χ0v) is 12.7. The van der Waals surface area contributed by atoms with Gasteiger partial charge in [-0.15, -0.1) is 0 Å². The SMILES string of the molecule is CC(C)c1cc(Cl)ccc1OCC[C@H]1CCCNC1. The van der Waals surface area contributed by atoms with Gasteiger partial charge in [-0.1, -0.05) is 25.4 Å². The molecule has 0 bridgehead atoms. The standard InChI is InChI=1S/C16H24ClNO/c1-12(2)15-10-14(17)5-6-16(15)19-9-7-13-4-3-8-18-11-13/h5-6,10,12-13,18H,3-4,7-9,11H2,1-2H3/t13-/m1/s1. The molecule has 1 fully saturated rings. The topological polar surface area (TPSA) is 21.3 Å². The Morgan fingerprint density at radius 3 is 2.95 bits per heavy atom. The van der Waals surface area contributed by atoms with E-state index in [1.165, 1.54) is 24.9 Å². The average Bonchev–Trinajstić information content (AvgIpc) is 2.41. The largest absolute Gasteiger partial charge is 0.493 e. The molecule has 106 valence electrons. The zero-order valence-electron chi connectivity index (χ0n) is 11.9. The molecule has 1 aromatic rings. The summed E-state index contributed by atoms with van der Waals surface area (Å²) in [5.41, 5.74) is 1.20. The molecular formula is C16H24ClNO. The van der Waals surface area contributed by atoms with Crippen LogP contribution >= 0.6 is 11.6 Å². The Balaban J connectivity index is 1.88. The van der Waals surface area contributed by atoms with E-state index in [-0.39, 0.29) is 0 Å². The first-order chi connectivity index (χ1) is 9.16. The zero-order chi connectivity index (χ0) is 13.7. The molecule has 3 heteroatoms. The predicted molar refractivity (Wildman–Crippen MR) is 81.2 cm³/mol. The second kappa shape index (κ2) is 7.16. The summed E-state index contributed by atoms with van der Waals surface area (Å²) in [6.07, 6.45) is 3.75. The van der Waals surface area contributed by atoms with Gasteiger partial charge in [0.05, 0.1) is 6.61 Å². The van der Waals surface area contributed by atoms with Gasteiger partial charge in [0.2, 0.25) is 0 Å². The Kier molecular flexibility index (Phi) is 5.53. The van der Waals surface area contributed by atoms with Crippen molar-refractivity contribution in [3.63, 3.8) is 0 Å². The molecule has 1 atom stereocenters. The van der Waals surface area contributed by atoms with E-state index in [1.54, 1.807) is 0 Å². The van der Waals surface area contributed by atoms with Gasteiger partial charge < -0.3 is 10.1 Å². The van der Waals surface area contributed by atoms with Crippen LogP contribution in [0.5, 0.6) is 5.75 Å². The smallest absolute Gasteiger partial charge is 0.122 e. The maximum absolute atomic E-state index is 6.05. The molecule has 1 aliphatic heterocycles. The highest BCUT2D eigenvalue weighted by Crippen LogP contribution is 2.29. The summed E-state index contributed by atoms with van der Waals surface area (Å²) in [7, 11) is 0. The minimum Gasteiger partial charge on any atom is -0.493 e. The summed E-state index contributed by atoms with van der Waals surface area (Å²) < 4.78 is 5.97. The number of hydrogen-bond acceptors (Lipinski definition) is 2. The molecule has 2 rings (SSSR count). The van der Waals surface area contributed by atoms with E-state index in [0.29, 0.717) is 5.92 Å². The number of halogens is 1. The summed E-state index contributed by atoms with van der Waals surface area (Å²) in [4.78, 5) is 0. The Morgan fingerprint density at radius 1 is 1.42 bits per heavy atom. The number of piperidine rings is 1. The van der Waals surface area contributed by atoms with Crippen molar-refractivity contribution in [2.75, 3.05) is 19.7 Å². The van der Waals surface area contributed by atoms with Crippen LogP contribution < -0.4 is 10.1 Å². The second-order valence-corrected chi connectivity index (χ2v) is 6.12. The van der Waals surface area contributed by atoms with E-state index >= 15 is 0 Å². The van der Waals surface area contributed by atoms with Gasteiger partial charge in [0.1, 0.15) is 5.75 Å². The minimum atomic E-state index is 0.435. The molecule has 0 aliphatic carbocycles. The summed E-state index contributed by atoms with van der Waals surface area (Å²) in [5.74, 6) is 2.19. The molecular weight excluding hydrogens is 258 g/mol. The van der Waals surface area contributed by atoms with Gasteiger partial charge >= 0.3 is 0 Å². The van der Waals surface area contributed by atoms with Crippen molar-refractivity contribution in [2.24, 2.45) is 5.92 Å². The van der Waals surface area contributed by atoms with Crippen molar-refractivity contribution >= 4 is 11.6 Å². The summed E-state index contributed by atoms with van der Waals surface area (Å²) in [6.45, 7) is 7.45. The fourth-order valence-electron chi connectivity index (χ4n) is 2.61. The van der Waals surface area contributed by atoms with Crippen molar-refractivity contribution in [3.05, 3.63) is 28.8 Å². The summed E-state index contributed by atoms with van der Waals surface area (Å²) in [5, 5.41) is 4.23. The first-order valence-corrected chi connectivity index (χ1v) is 7.67. The van der Waals surface area contributed by atoms with Crippen LogP contribution in [-0.2, 0) is 0 Å². The lowest BCUT2D eigenvalue weighted by Crippen LogP contribution is -2.30. The lowest BCUT2D eigenvalue weighted by Gasteiger charge is -2.23. The van der Waals surface area contributed by atoms with E-state index in [2.05, 4.69) is 19.2 Å². The molecule has 0 spiro atoms. The molecule has 1 heterocycles. The van der Waals surface area contributed by atoms with Crippen LogP contribution in [0.15, 0.2) is 18.2 Å². The highest BCUT2D eigenvalue weighted by atomic mass is 35.5. The van der Waals surface area contributed by atoms with Crippen molar-refractivity contribution in [1.82, 2.24) is 5.32 Å². The number of hydrogen-bond donors (Lipinski definition) is 1. The molecule has 0 amide bonds. The fraction of sp³-hybridized carbons (Fsp3) is 0.625. The quantitative estimate of drug-likeness (QED) is 0.872. The van der Waals surface area contributed by atoms with Gasteiger partial charge in [0, 0.05) is 5.02 Å². The number of nitrogens with one attached hydrogen (secondary N) is 1. The van der Waals surface area contributed by atoms with Crippen molar-refractivity contribution in [3.8, 4) is 5.75 Å². The molecule has 1 saturated heterocycles. The Hall–Kier alpha value is -0.730. The van der Waals surface area contributed by atoms with Crippen LogP contribution in [0.3, 0.4) is 0 Å². The lowest BCUT2D eigenvalue weighted by atomic mass is 9.97. The van der Waals surface area contributed by atoms with Crippen LogP contribution in [0.2, 0.25) is 5.02 Å². The molecule has 0 aromatic heterocycles. The Labute approximate surface area is 121 Å². The minimum absolute atomic E-state index is 0.435. The first kappa shape index (κ1) is 14.7. The molecule has 1 aromatic carbocycles. The molecule has 0 unspecified atom stereocenters. The van der Waals surface area contributed by atoms with Crippen LogP contribution in [0, 0.1) is 5.92 Å². The Morgan fingerprint density at radius 2 is 2.26 bits per heavy atom. The molecule has 1 aliphatic rings. The van der Waals surface area contributed by atoms with Gasteiger partial charge in [0.25, 0.3) is 0 Å². The third-order valence-electron chi connectivity index (χ3n) is 3.78. The summed E-state index contributed by atoms with van der Waals surface area (Å²) in [6, 6.07) is 5.92. The van der Waals surface area contributed by atoms with Crippen LogP contribution in [-0.4, -0.2) is 19.7 Å². The van der Waals surface area contributed by atoms with Crippen molar-refractivity contribution in [2.45, 2.75) is 39.0 Å².